The third kappa shape index (κ3) is 2.22. The van der Waals surface area contributed by atoms with E-state index in [2.05, 4.69) is 25.7 Å². The van der Waals surface area contributed by atoms with Gasteiger partial charge in [-0.1, -0.05) is 19.1 Å². The summed E-state index contributed by atoms with van der Waals surface area (Å²) in [7, 11) is 0. The number of rotatable bonds is 6. The molecule has 0 N–H and O–H groups in total. The minimum Gasteiger partial charge on any atom is -0.354 e. The number of thiocarbonyl (C=S) groups is 1. The summed E-state index contributed by atoms with van der Waals surface area (Å²) in [5, 5.41) is 0. The molecule has 0 saturated heterocycles. The molecule has 0 aromatic heterocycles. The lowest BCUT2D eigenvalue weighted by molar-refractivity contribution is -0.134. The van der Waals surface area contributed by atoms with Gasteiger partial charge in [-0.2, -0.15) is 0 Å². The molecule has 86 valence electrons. The Labute approximate surface area is 98.0 Å². The largest absolute Gasteiger partial charge is 0.354 e. The molecule has 0 amide bonds. The smallest absolute Gasteiger partial charge is 0.158 e. The van der Waals surface area contributed by atoms with Gasteiger partial charge in [0.2, 0.25) is 0 Å². The summed E-state index contributed by atoms with van der Waals surface area (Å²) < 4.78 is 0. The number of carbonyl (C=O) groups is 1. The number of hydrogen-bond acceptors (Lipinski definition) is 2. The molecule has 0 spiro atoms. The number of ketones is 1. The lowest BCUT2D eigenvalue weighted by Crippen LogP contribution is -2.60. The average Bonchev–Trinajstić information content (AvgIpc) is 2.10. The Kier molecular flexibility index (Phi) is 4.26. The van der Waals surface area contributed by atoms with Crippen LogP contribution >= 0.6 is 12.2 Å². The van der Waals surface area contributed by atoms with Crippen LogP contribution in [0.2, 0.25) is 0 Å². The van der Waals surface area contributed by atoms with Gasteiger partial charge in [0.1, 0.15) is 0 Å². The van der Waals surface area contributed by atoms with Crippen molar-refractivity contribution >= 4 is 23.5 Å². The van der Waals surface area contributed by atoms with Crippen molar-refractivity contribution in [1.82, 2.24) is 4.90 Å². The van der Waals surface area contributed by atoms with Crippen LogP contribution in [0, 0.1) is 0 Å². The van der Waals surface area contributed by atoms with Gasteiger partial charge < -0.3 is 4.90 Å². The molecular formula is C12H21NOS. The van der Waals surface area contributed by atoms with Crippen LogP contribution in [-0.4, -0.2) is 27.8 Å². The summed E-state index contributed by atoms with van der Waals surface area (Å²) in [6.45, 7) is 6.26. The molecule has 0 heterocycles. The maximum Gasteiger partial charge on any atom is 0.158 e. The standard InChI is InChI=1S/C12H21NOS/c1-4-6-11(14)12(7-5-8-12)13(9-15)10(2)3/h9-10H,4-8H2,1-3H3. The Morgan fingerprint density at radius 3 is 2.40 bits per heavy atom. The van der Waals surface area contributed by atoms with Gasteiger partial charge in [0.15, 0.2) is 5.78 Å². The Morgan fingerprint density at radius 2 is 2.13 bits per heavy atom. The molecule has 15 heavy (non-hydrogen) atoms. The molecule has 0 aromatic rings. The van der Waals surface area contributed by atoms with Gasteiger partial charge >= 0.3 is 0 Å². The molecule has 1 saturated carbocycles. The predicted octanol–water partition coefficient (Wildman–Crippen LogP) is 2.95. The second-order valence-electron chi connectivity index (χ2n) is 4.66. The summed E-state index contributed by atoms with van der Waals surface area (Å²) in [4.78, 5) is 14.2. The van der Waals surface area contributed by atoms with Crippen LogP contribution in [0.1, 0.15) is 52.9 Å². The van der Waals surface area contributed by atoms with Crippen LogP contribution in [-0.2, 0) is 4.79 Å². The molecule has 1 fully saturated rings. The normalized spacial score (nSPS) is 18.4. The van der Waals surface area contributed by atoms with E-state index in [0.717, 1.165) is 25.7 Å². The zero-order chi connectivity index (χ0) is 11.5. The van der Waals surface area contributed by atoms with Gasteiger partial charge in [-0.25, -0.2) is 0 Å². The molecule has 1 aliphatic rings. The fourth-order valence-corrected chi connectivity index (χ4v) is 2.81. The van der Waals surface area contributed by atoms with Crippen molar-refractivity contribution in [2.75, 3.05) is 0 Å². The van der Waals surface area contributed by atoms with Crippen molar-refractivity contribution < 1.29 is 4.79 Å². The van der Waals surface area contributed by atoms with Crippen molar-refractivity contribution in [2.45, 2.75) is 64.5 Å². The van der Waals surface area contributed by atoms with Gasteiger partial charge in [-0.15, -0.1) is 0 Å². The van der Waals surface area contributed by atoms with Crippen molar-refractivity contribution in [3.8, 4) is 0 Å². The highest BCUT2D eigenvalue weighted by Crippen LogP contribution is 2.40. The van der Waals surface area contributed by atoms with E-state index in [1.807, 2.05) is 0 Å². The molecule has 0 unspecified atom stereocenters. The summed E-state index contributed by atoms with van der Waals surface area (Å²) in [6.07, 6.45) is 4.74. The Bertz CT molecular complexity index is 246. The highest BCUT2D eigenvalue weighted by atomic mass is 32.1. The quantitative estimate of drug-likeness (QED) is 0.651. The van der Waals surface area contributed by atoms with E-state index in [1.165, 1.54) is 0 Å². The van der Waals surface area contributed by atoms with E-state index in [4.69, 9.17) is 12.2 Å². The Morgan fingerprint density at radius 1 is 1.53 bits per heavy atom. The summed E-state index contributed by atoms with van der Waals surface area (Å²) in [6, 6.07) is 0.323. The van der Waals surface area contributed by atoms with Gasteiger partial charge in [0.25, 0.3) is 0 Å². The Balaban J connectivity index is 2.83. The zero-order valence-electron chi connectivity index (χ0n) is 9.95. The topological polar surface area (TPSA) is 20.3 Å². The second kappa shape index (κ2) is 5.06. The van der Waals surface area contributed by atoms with E-state index in [1.54, 1.807) is 5.49 Å². The number of nitrogens with zero attached hydrogens (tertiary/aromatic N) is 1. The van der Waals surface area contributed by atoms with E-state index in [-0.39, 0.29) is 5.54 Å². The van der Waals surface area contributed by atoms with Crippen LogP contribution in [0.4, 0.5) is 0 Å². The van der Waals surface area contributed by atoms with Crippen LogP contribution in [0.3, 0.4) is 0 Å². The summed E-state index contributed by atoms with van der Waals surface area (Å²) in [5.41, 5.74) is 1.43. The van der Waals surface area contributed by atoms with Crippen LogP contribution in [0.5, 0.6) is 0 Å². The fourth-order valence-electron chi connectivity index (χ4n) is 2.37. The van der Waals surface area contributed by atoms with Crippen molar-refractivity contribution in [2.24, 2.45) is 0 Å². The van der Waals surface area contributed by atoms with E-state index in [0.29, 0.717) is 18.2 Å². The molecule has 0 atom stereocenters. The van der Waals surface area contributed by atoms with Crippen molar-refractivity contribution in [3.05, 3.63) is 0 Å². The molecule has 1 rings (SSSR count). The first kappa shape index (κ1) is 12.6. The molecule has 2 nitrogen and oxygen atoms in total. The lowest BCUT2D eigenvalue weighted by atomic mass is 9.71. The molecule has 0 aromatic carbocycles. The minimum absolute atomic E-state index is 0.244. The second-order valence-corrected chi connectivity index (χ2v) is 4.88. The molecule has 1 aliphatic carbocycles. The maximum absolute atomic E-state index is 12.1. The fraction of sp³-hybridized carbons (Fsp3) is 0.833. The number of hydrogen-bond donors (Lipinski definition) is 0. The van der Waals surface area contributed by atoms with Crippen molar-refractivity contribution in [1.29, 1.82) is 0 Å². The highest BCUT2D eigenvalue weighted by molar-refractivity contribution is 7.78. The average molecular weight is 227 g/mol. The first-order valence-electron chi connectivity index (χ1n) is 5.85. The van der Waals surface area contributed by atoms with E-state index < -0.39 is 0 Å². The summed E-state index contributed by atoms with van der Waals surface area (Å²) >= 11 is 5.05. The van der Waals surface area contributed by atoms with Gasteiger partial charge in [-0.05, 0) is 39.5 Å². The number of Topliss-reactive ketones (excluding diaryl/α,β-unsaturated/α-hetero) is 1. The third-order valence-electron chi connectivity index (χ3n) is 3.34. The zero-order valence-corrected chi connectivity index (χ0v) is 10.8. The first-order chi connectivity index (χ1) is 7.08. The predicted molar refractivity (Wildman–Crippen MR) is 67.1 cm³/mol. The van der Waals surface area contributed by atoms with Crippen molar-refractivity contribution in [3.63, 3.8) is 0 Å². The number of carbonyl (C=O) groups excluding carboxylic acids is 1. The highest BCUT2D eigenvalue weighted by Gasteiger charge is 2.47. The Hall–Kier alpha value is -0.440. The van der Waals surface area contributed by atoms with Gasteiger partial charge in [0.05, 0.1) is 11.0 Å². The molecule has 0 aliphatic heterocycles. The molecule has 3 heteroatoms. The third-order valence-corrected chi connectivity index (χ3v) is 3.57. The molecule has 0 bridgehead atoms. The van der Waals surface area contributed by atoms with Crippen LogP contribution in [0.15, 0.2) is 0 Å². The monoisotopic (exact) mass is 227 g/mol. The van der Waals surface area contributed by atoms with Crippen LogP contribution < -0.4 is 0 Å². The molecule has 0 radical (unpaired) electrons. The lowest BCUT2D eigenvalue weighted by Gasteiger charge is -2.50. The van der Waals surface area contributed by atoms with Gasteiger partial charge in [0, 0.05) is 12.5 Å². The van der Waals surface area contributed by atoms with Crippen LogP contribution in [0.25, 0.3) is 0 Å². The summed E-state index contributed by atoms with van der Waals surface area (Å²) in [5.74, 6) is 0.381. The minimum atomic E-state index is -0.244. The first-order valence-corrected chi connectivity index (χ1v) is 6.32. The SMILES string of the molecule is CCCC(=O)C1(N(C=S)C(C)C)CCC1. The molecular weight excluding hydrogens is 206 g/mol. The maximum atomic E-state index is 12.1. The van der Waals surface area contributed by atoms with E-state index in [9.17, 15) is 4.79 Å². The van der Waals surface area contributed by atoms with Gasteiger partial charge in [-0.3, -0.25) is 4.79 Å². The van der Waals surface area contributed by atoms with E-state index >= 15 is 0 Å².